The Labute approximate surface area is 125 Å². The topological polar surface area (TPSA) is 55.1 Å². The number of hydrogen-bond acceptors (Lipinski definition) is 2. The normalized spacial score (nSPS) is 10.3. The lowest BCUT2D eigenvalue weighted by Gasteiger charge is -2.10. The fourth-order valence-electron chi connectivity index (χ4n) is 1.67. The van der Waals surface area contributed by atoms with E-state index in [0.29, 0.717) is 17.1 Å². The van der Waals surface area contributed by atoms with Crippen molar-refractivity contribution in [3.8, 4) is 0 Å². The van der Waals surface area contributed by atoms with Crippen molar-refractivity contribution < 1.29 is 9.18 Å². The molecule has 2 rings (SSSR count). The second-order valence-electron chi connectivity index (χ2n) is 4.13. The smallest absolute Gasteiger partial charge is 0.248 e. The van der Waals surface area contributed by atoms with Crippen molar-refractivity contribution in [1.29, 1.82) is 0 Å². The van der Waals surface area contributed by atoms with Crippen LogP contribution in [0.5, 0.6) is 0 Å². The molecule has 104 valence electrons. The molecule has 0 radical (unpaired) electrons. The number of amides is 1. The first-order valence-corrected chi connectivity index (χ1v) is 6.50. The van der Waals surface area contributed by atoms with E-state index in [2.05, 4.69) is 5.32 Å². The standard InChI is InChI=1S/C14H11Cl2FN2O/c15-10-2-1-3-12(13(10)17)19-7-9-5-4-8(14(18)20)6-11(9)16/h1-6,19H,7H2,(H2,18,20). The molecule has 6 heteroatoms. The number of nitrogens with two attached hydrogens (primary N) is 1. The Balaban J connectivity index is 2.15. The SMILES string of the molecule is NC(=O)c1ccc(CNc2cccc(Cl)c2F)c(Cl)c1. The van der Waals surface area contributed by atoms with Crippen LogP contribution in [0.4, 0.5) is 10.1 Å². The van der Waals surface area contributed by atoms with Gasteiger partial charge in [-0.05, 0) is 29.8 Å². The molecular formula is C14H11Cl2FN2O. The van der Waals surface area contributed by atoms with E-state index in [0.717, 1.165) is 5.56 Å². The van der Waals surface area contributed by atoms with Crippen LogP contribution in [0.1, 0.15) is 15.9 Å². The zero-order valence-corrected chi connectivity index (χ0v) is 11.8. The first kappa shape index (κ1) is 14.6. The molecule has 0 fully saturated rings. The van der Waals surface area contributed by atoms with Crippen LogP contribution in [0.2, 0.25) is 10.0 Å². The molecule has 2 aromatic carbocycles. The molecule has 0 aliphatic carbocycles. The average Bonchev–Trinajstić information content (AvgIpc) is 2.41. The monoisotopic (exact) mass is 312 g/mol. The van der Waals surface area contributed by atoms with Gasteiger partial charge in [0, 0.05) is 17.1 Å². The summed E-state index contributed by atoms with van der Waals surface area (Å²) in [4.78, 5) is 11.0. The van der Waals surface area contributed by atoms with E-state index in [1.54, 1.807) is 24.3 Å². The average molecular weight is 313 g/mol. The molecule has 20 heavy (non-hydrogen) atoms. The highest BCUT2D eigenvalue weighted by Crippen LogP contribution is 2.24. The predicted molar refractivity (Wildman–Crippen MR) is 78.7 cm³/mol. The van der Waals surface area contributed by atoms with E-state index in [9.17, 15) is 9.18 Å². The van der Waals surface area contributed by atoms with Gasteiger partial charge in [0.05, 0.1) is 10.7 Å². The number of primary amides is 1. The second-order valence-corrected chi connectivity index (χ2v) is 4.94. The summed E-state index contributed by atoms with van der Waals surface area (Å²) >= 11 is 11.7. The van der Waals surface area contributed by atoms with Crippen molar-refractivity contribution in [2.75, 3.05) is 5.32 Å². The molecule has 0 aliphatic rings. The Hall–Kier alpha value is -1.78. The maximum absolute atomic E-state index is 13.7. The van der Waals surface area contributed by atoms with Crippen molar-refractivity contribution in [2.45, 2.75) is 6.54 Å². The molecule has 0 aliphatic heterocycles. The Kier molecular flexibility index (Phi) is 4.47. The lowest BCUT2D eigenvalue weighted by atomic mass is 10.1. The molecule has 3 N–H and O–H groups in total. The lowest BCUT2D eigenvalue weighted by Crippen LogP contribution is -2.11. The Bertz CT molecular complexity index is 662. The van der Waals surface area contributed by atoms with Gasteiger partial charge >= 0.3 is 0 Å². The van der Waals surface area contributed by atoms with E-state index in [1.807, 2.05) is 0 Å². The fraction of sp³-hybridized carbons (Fsp3) is 0.0714. The van der Waals surface area contributed by atoms with E-state index in [4.69, 9.17) is 28.9 Å². The highest BCUT2D eigenvalue weighted by molar-refractivity contribution is 6.32. The van der Waals surface area contributed by atoms with Crippen LogP contribution < -0.4 is 11.1 Å². The van der Waals surface area contributed by atoms with Crippen LogP contribution in [-0.2, 0) is 6.54 Å². The summed E-state index contributed by atoms with van der Waals surface area (Å²) in [6, 6.07) is 9.40. The minimum Gasteiger partial charge on any atom is -0.379 e. The number of benzene rings is 2. The number of nitrogens with one attached hydrogen (secondary N) is 1. The third-order valence-corrected chi connectivity index (χ3v) is 3.40. The molecule has 0 atom stereocenters. The van der Waals surface area contributed by atoms with Crippen LogP contribution in [0.3, 0.4) is 0 Å². The molecule has 1 amide bonds. The van der Waals surface area contributed by atoms with Gasteiger partial charge in [-0.1, -0.05) is 35.3 Å². The second kappa shape index (κ2) is 6.11. The lowest BCUT2D eigenvalue weighted by molar-refractivity contribution is 0.100. The van der Waals surface area contributed by atoms with Gasteiger partial charge in [-0.2, -0.15) is 0 Å². The van der Waals surface area contributed by atoms with Gasteiger partial charge in [0.15, 0.2) is 5.82 Å². The third-order valence-electron chi connectivity index (χ3n) is 2.76. The fourth-order valence-corrected chi connectivity index (χ4v) is 2.10. The van der Waals surface area contributed by atoms with Crippen LogP contribution in [0.15, 0.2) is 36.4 Å². The van der Waals surface area contributed by atoms with E-state index < -0.39 is 11.7 Å². The minimum atomic E-state index is -0.549. The van der Waals surface area contributed by atoms with Crippen LogP contribution in [-0.4, -0.2) is 5.91 Å². The van der Waals surface area contributed by atoms with Gasteiger partial charge in [-0.25, -0.2) is 4.39 Å². The van der Waals surface area contributed by atoms with Crippen molar-refractivity contribution >= 4 is 34.8 Å². The van der Waals surface area contributed by atoms with Gasteiger partial charge < -0.3 is 11.1 Å². The number of carbonyl (C=O) groups is 1. The molecule has 0 saturated heterocycles. The summed E-state index contributed by atoms with van der Waals surface area (Å²) in [5.74, 6) is -1.06. The Morgan fingerprint density at radius 2 is 1.95 bits per heavy atom. The minimum absolute atomic E-state index is 0.0465. The number of halogens is 3. The molecule has 0 heterocycles. The highest BCUT2D eigenvalue weighted by atomic mass is 35.5. The summed E-state index contributed by atoms with van der Waals surface area (Å²) in [6.07, 6.45) is 0. The summed E-state index contributed by atoms with van der Waals surface area (Å²) in [6.45, 7) is 0.301. The summed E-state index contributed by atoms with van der Waals surface area (Å²) < 4.78 is 13.7. The number of carbonyl (C=O) groups excluding carboxylic acids is 1. The van der Waals surface area contributed by atoms with Crippen LogP contribution in [0, 0.1) is 5.82 Å². The van der Waals surface area contributed by atoms with Gasteiger partial charge in [0.2, 0.25) is 5.91 Å². The maximum atomic E-state index is 13.7. The Morgan fingerprint density at radius 3 is 2.60 bits per heavy atom. The molecule has 0 spiro atoms. The molecule has 0 aromatic heterocycles. The van der Waals surface area contributed by atoms with Crippen molar-refractivity contribution in [1.82, 2.24) is 0 Å². The van der Waals surface area contributed by atoms with Crippen molar-refractivity contribution in [3.63, 3.8) is 0 Å². The quantitative estimate of drug-likeness (QED) is 0.901. The van der Waals surface area contributed by atoms with Gasteiger partial charge in [-0.3, -0.25) is 4.79 Å². The molecule has 0 saturated carbocycles. The van der Waals surface area contributed by atoms with Crippen LogP contribution in [0.25, 0.3) is 0 Å². The van der Waals surface area contributed by atoms with Gasteiger partial charge in [0.25, 0.3) is 0 Å². The van der Waals surface area contributed by atoms with E-state index >= 15 is 0 Å². The summed E-state index contributed by atoms with van der Waals surface area (Å²) in [5, 5.41) is 3.33. The molecule has 2 aromatic rings. The highest BCUT2D eigenvalue weighted by Gasteiger charge is 2.08. The zero-order chi connectivity index (χ0) is 14.7. The zero-order valence-electron chi connectivity index (χ0n) is 10.3. The van der Waals surface area contributed by atoms with Gasteiger partial charge in [0.1, 0.15) is 0 Å². The van der Waals surface area contributed by atoms with E-state index in [1.165, 1.54) is 12.1 Å². The third kappa shape index (κ3) is 3.21. The van der Waals surface area contributed by atoms with Crippen molar-refractivity contribution in [3.05, 3.63) is 63.4 Å². The number of rotatable bonds is 4. The summed E-state index contributed by atoms with van der Waals surface area (Å²) in [5.41, 5.74) is 6.49. The van der Waals surface area contributed by atoms with E-state index in [-0.39, 0.29) is 10.7 Å². The summed E-state index contributed by atoms with van der Waals surface area (Å²) in [7, 11) is 0. The first-order chi connectivity index (χ1) is 9.49. The molecule has 3 nitrogen and oxygen atoms in total. The molecule has 0 unspecified atom stereocenters. The first-order valence-electron chi connectivity index (χ1n) is 5.75. The predicted octanol–water partition coefficient (Wildman–Crippen LogP) is 3.84. The Morgan fingerprint density at radius 1 is 1.20 bits per heavy atom. The maximum Gasteiger partial charge on any atom is 0.248 e. The van der Waals surface area contributed by atoms with Gasteiger partial charge in [-0.15, -0.1) is 0 Å². The van der Waals surface area contributed by atoms with Crippen LogP contribution >= 0.6 is 23.2 Å². The molecule has 0 bridgehead atoms. The van der Waals surface area contributed by atoms with Crippen molar-refractivity contribution in [2.24, 2.45) is 5.73 Å². The number of hydrogen-bond donors (Lipinski definition) is 2. The molecular weight excluding hydrogens is 302 g/mol. The largest absolute Gasteiger partial charge is 0.379 e. The number of anilines is 1.